The maximum Gasteiger partial charge on any atom is 0.259 e. The Hall–Kier alpha value is -2.19. The predicted molar refractivity (Wildman–Crippen MR) is 102 cm³/mol. The number of aromatic nitrogens is 2. The molecule has 0 radical (unpaired) electrons. The number of nitrogens with zero attached hydrogens (tertiary/aromatic N) is 3. The number of nitrogens with one attached hydrogen (secondary N) is 1. The lowest BCUT2D eigenvalue weighted by Gasteiger charge is -2.20. The van der Waals surface area contributed by atoms with E-state index < -0.39 is 10.0 Å². The summed E-state index contributed by atoms with van der Waals surface area (Å²) in [5.74, 6) is -0.303. The third kappa shape index (κ3) is 3.66. The molecule has 0 spiro atoms. The number of hydrogen-bond acceptors (Lipinski definition) is 4. The Kier molecular flexibility index (Phi) is 5.87. The minimum absolute atomic E-state index is 0.207. The van der Waals surface area contributed by atoms with E-state index in [1.54, 1.807) is 51.6 Å². The SMILES string of the molecule is CCN(CC)S(=O)(=O)c1cc(NC(=O)c2c(C)nn(C)c2C)ccc1C. The van der Waals surface area contributed by atoms with E-state index in [-0.39, 0.29) is 10.8 Å². The minimum atomic E-state index is -3.60. The Bertz CT molecular complexity index is 928. The van der Waals surface area contributed by atoms with Gasteiger partial charge in [0.1, 0.15) is 0 Å². The normalized spacial score (nSPS) is 11.8. The highest BCUT2D eigenvalue weighted by atomic mass is 32.2. The molecule has 0 atom stereocenters. The highest BCUT2D eigenvalue weighted by molar-refractivity contribution is 7.89. The highest BCUT2D eigenvalue weighted by Crippen LogP contribution is 2.24. The zero-order valence-corrected chi connectivity index (χ0v) is 16.9. The van der Waals surface area contributed by atoms with Crippen LogP contribution in [0.25, 0.3) is 0 Å². The van der Waals surface area contributed by atoms with E-state index in [0.717, 1.165) is 5.69 Å². The molecule has 1 aromatic heterocycles. The van der Waals surface area contributed by atoms with Gasteiger partial charge in [-0.1, -0.05) is 19.9 Å². The maximum atomic E-state index is 12.8. The van der Waals surface area contributed by atoms with Crippen LogP contribution >= 0.6 is 0 Å². The molecule has 1 N–H and O–H groups in total. The van der Waals surface area contributed by atoms with Crippen molar-refractivity contribution in [3.8, 4) is 0 Å². The fraction of sp³-hybridized carbons (Fsp3) is 0.444. The highest BCUT2D eigenvalue weighted by Gasteiger charge is 2.24. The zero-order valence-electron chi connectivity index (χ0n) is 16.1. The Morgan fingerprint density at radius 1 is 1.19 bits per heavy atom. The van der Waals surface area contributed by atoms with Crippen molar-refractivity contribution in [3.05, 3.63) is 40.7 Å². The van der Waals surface area contributed by atoms with E-state index in [1.807, 2.05) is 6.92 Å². The summed E-state index contributed by atoms with van der Waals surface area (Å²) in [6.45, 7) is 9.73. The van der Waals surface area contributed by atoms with E-state index in [9.17, 15) is 13.2 Å². The molecule has 0 unspecified atom stereocenters. The quantitative estimate of drug-likeness (QED) is 0.837. The molecule has 0 bridgehead atoms. The number of carbonyl (C=O) groups excluding carboxylic acids is 1. The molecular weight excluding hydrogens is 352 g/mol. The van der Waals surface area contributed by atoms with Crippen LogP contribution in [-0.2, 0) is 17.1 Å². The van der Waals surface area contributed by atoms with Crippen molar-refractivity contribution in [3.63, 3.8) is 0 Å². The van der Waals surface area contributed by atoms with Crippen molar-refractivity contribution in [1.82, 2.24) is 14.1 Å². The first-order valence-corrected chi connectivity index (χ1v) is 9.99. The van der Waals surface area contributed by atoms with E-state index in [0.29, 0.717) is 35.6 Å². The monoisotopic (exact) mass is 378 g/mol. The van der Waals surface area contributed by atoms with Crippen LogP contribution < -0.4 is 5.32 Å². The van der Waals surface area contributed by atoms with Crippen molar-refractivity contribution >= 4 is 21.6 Å². The number of rotatable bonds is 6. The smallest absolute Gasteiger partial charge is 0.259 e. The largest absolute Gasteiger partial charge is 0.322 e. The van der Waals surface area contributed by atoms with Crippen molar-refractivity contribution in [2.75, 3.05) is 18.4 Å². The third-order valence-corrected chi connectivity index (χ3v) is 6.70. The topological polar surface area (TPSA) is 84.3 Å². The number of aryl methyl sites for hydroxylation is 3. The number of hydrogen-bond donors (Lipinski definition) is 1. The van der Waals surface area contributed by atoms with Gasteiger partial charge in [0.2, 0.25) is 10.0 Å². The molecule has 0 saturated heterocycles. The van der Waals surface area contributed by atoms with E-state index in [2.05, 4.69) is 10.4 Å². The van der Waals surface area contributed by atoms with Gasteiger partial charge in [0.15, 0.2) is 0 Å². The lowest BCUT2D eigenvalue weighted by atomic mass is 10.1. The summed E-state index contributed by atoms with van der Waals surface area (Å²) in [6.07, 6.45) is 0. The van der Waals surface area contributed by atoms with E-state index >= 15 is 0 Å². The molecule has 1 heterocycles. The third-order valence-electron chi connectivity index (χ3n) is 4.51. The molecule has 8 heteroatoms. The molecule has 142 valence electrons. The average Bonchev–Trinajstić information content (AvgIpc) is 2.82. The van der Waals surface area contributed by atoms with Crippen LogP contribution in [0.5, 0.6) is 0 Å². The number of anilines is 1. The van der Waals surface area contributed by atoms with Crippen LogP contribution in [0.3, 0.4) is 0 Å². The van der Waals surface area contributed by atoms with Crippen LogP contribution in [0.1, 0.15) is 41.2 Å². The molecule has 0 aliphatic heterocycles. The van der Waals surface area contributed by atoms with Gasteiger partial charge in [-0.3, -0.25) is 9.48 Å². The number of carbonyl (C=O) groups is 1. The van der Waals surface area contributed by atoms with Gasteiger partial charge in [-0.2, -0.15) is 9.40 Å². The van der Waals surface area contributed by atoms with Crippen LogP contribution in [0.4, 0.5) is 5.69 Å². The zero-order chi connectivity index (χ0) is 19.6. The summed E-state index contributed by atoms with van der Waals surface area (Å²) in [6, 6.07) is 4.92. The molecule has 1 aromatic carbocycles. The molecular formula is C18H26N4O3S. The first-order chi connectivity index (χ1) is 12.1. The number of sulfonamides is 1. The summed E-state index contributed by atoms with van der Waals surface area (Å²) in [4.78, 5) is 12.8. The molecule has 2 rings (SSSR count). The Morgan fingerprint density at radius 2 is 1.81 bits per heavy atom. The lowest BCUT2D eigenvalue weighted by molar-refractivity contribution is 0.102. The summed E-state index contributed by atoms with van der Waals surface area (Å²) < 4.78 is 28.7. The first-order valence-electron chi connectivity index (χ1n) is 8.55. The molecule has 1 amide bonds. The molecule has 0 aliphatic carbocycles. The van der Waals surface area contributed by atoms with Crippen LogP contribution in [0.15, 0.2) is 23.1 Å². The molecule has 0 fully saturated rings. The van der Waals surface area contributed by atoms with Crippen molar-refractivity contribution in [2.24, 2.45) is 7.05 Å². The maximum absolute atomic E-state index is 12.8. The minimum Gasteiger partial charge on any atom is -0.322 e. The van der Waals surface area contributed by atoms with Gasteiger partial charge in [0, 0.05) is 31.5 Å². The van der Waals surface area contributed by atoms with Crippen molar-refractivity contribution in [1.29, 1.82) is 0 Å². The van der Waals surface area contributed by atoms with Gasteiger partial charge < -0.3 is 5.32 Å². The second kappa shape index (κ2) is 7.59. The summed E-state index contributed by atoms with van der Waals surface area (Å²) >= 11 is 0. The van der Waals surface area contributed by atoms with Gasteiger partial charge in [0.25, 0.3) is 5.91 Å². The van der Waals surface area contributed by atoms with Crippen molar-refractivity contribution < 1.29 is 13.2 Å². The molecule has 2 aromatic rings. The summed E-state index contributed by atoms with van der Waals surface area (Å²) in [5.41, 5.74) is 2.97. The average molecular weight is 378 g/mol. The van der Waals surface area contributed by atoms with Gasteiger partial charge in [-0.05, 0) is 38.5 Å². The fourth-order valence-electron chi connectivity index (χ4n) is 2.95. The molecule has 0 saturated carbocycles. The number of benzene rings is 1. The van der Waals surface area contributed by atoms with Crippen LogP contribution in [0.2, 0.25) is 0 Å². The molecule has 26 heavy (non-hydrogen) atoms. The second-order valence-electron chi connectivity index (χ2n) is 6.19. The first kappa shape index (κ1) is 20.1. The molecule has 0 aliphatic rings. The predicted octanol–water partition coefficient (Wildman–Crippen LogP) is 2.63. The summed E-state index contributed by atoms with van der Waals surface area (Å²) in [7, 11) is -1.82. The number of amides is 1. The van der Waals surface area contributed by atoms with Gasteiger partial charge >= 0.3 is 0 Å². The Balaban J connectivity index is 2.40. The van der Waals surface area contributed by atoms with E-state index in [1.165, 1.54) is 10.4 Å². The summed E-state index contributed by atoms with van der Waals surface area (Å²) in [5, 5.41) is 7.04. The Morgan fingerprint density at radius 3 is 2.31 bits per heavy atom. The van der Waals surface area contributed by atoms with Gasteiger partial charge in [-0.15, -0.1) is 0 Å². The van der Waals surface area contributed by atoms with Crippen LogP contribution in [-0.4, -0.2) is 41.5 Å². The van der Waals surface area contributed by atoms with Crippen LogP contribution in [0, 0.1) is 20.8 Å². The van der Waals surface area contributed by atoms with Crippen molar-refractivity contribution in [2.45, 2.75) is 39.5 Å². The van der Waals surface area contributed by atoms with Gasteiger partial charge in [-0.25, -0.2) is 8.42 Å². The Labute approximate surface area is 155 Å². The van der Waals surface area contributed by atoms with E-state index in [4.69, 9.17) is 0 Å². The second-order valence-corrected chi connectivity index (χ2v) is 8.10. The molecule has 7 nitrogen and oxygen atoms in total. The fourth-order valence-corrected chi connectivity index (χ4v) is 4.66. The van der Waals surface area contributed by atoms with Gasteiger partial charge in [0.05, 0.1) is 16.2 Å². The standard InChI is InChI=1S/C18H26N4O3S/c1-7-22(8-2)26(24,25)16-11-15(10-9-12(16)3)19-18(23)17-13(4)20-21(6)14(17)5/h9-11H,7-8H2,1-6H3,(H,19,23). The lowest BCUT2D eigenvalue weighted by Crippen LogP contribution is -2.31.